The van der Waals surface area contributed by atoms with E-state index in [1.807, 2.05) is 0 Å². The molecule has 268 valence electrons. The Labute approximate surface area is 288 Å². The molecule has 18 nitrogen and oxygen atoms in total. The van der Waals surface area contributed by atoms with E-state index >= 15 is 0 Å². The van der Waals surface area contributed by atoms with Crippen LogP contribution < -0.4 is 44.2 Å². The molecule has 3 rings (SSSR count). The van der Waals surface area contributed by atoms with Gasteiger partial charge in [-0.05, 0) is 55.5 Å². The van der Waals surface area contributed by atoms with Gasteiger partial charge in [0.2, 0.25) is 29.5 Å². The monoisotopic (exact) mass is 692 g/mol. The van der Waals surface area contributed by atoms with Crippen molar-refractivity contribution < 1.29 is 29.1 Å². The number of nitrogens with one attached hydrogen (secondary N) is 5. The largest absolute Gasteiger partial charge is 0.508 e. The van der Waals surface area contributed by atoms with Crippen LogP contribution in [0.3, 0.4) is 0 Å². The molecule has 0 bridgehead atoms. The maximum atomic E-state index is 13.9. The highest BCUT2D eigenvalue weighted by Crippen LogP contribution is 2.13. The molecule has 0 unspecified atom stereocenters. The zero-order chi connectivity index (χ0) is 36.6. The smallest absolute Gasteiger partial charge is 0.243 e. The molecule has 2 aromatic heterocycles. The van der Waals surface area contributed by atoms with Gasteiger partial charge in [0.25, 0.3) is 0 Å². The van der Waals surface area contributed by atoms with Crippen molar-refractivity contribution in [2.24, 2.45) is 27.9 Å². The normalized spacial score (nSPS) is 13.8. The number of aromatic nitrogens is 3. The summed E-state index contributed by atoms with van der Waals surface area (Å²) in [4.78, 5) is 80.5. The van der Waals surface area contributed by atoms with E-state index in [-0.39, 0.29) is 50.4 Å². The second kappa shape index (κ2) is 19.1. The van der Waals surface area contributed by atoms with Crippen LogP contribution in [-0.4, -0.2) is 92.3 Å². The minimum Gasteiger partial charge on any atom is -0.508 e. The SMILES string of the molecule is C[C@H](NC(=O)[C@H](CCCN=C(N)N)NC(=O)[C@H](Cc1ccc(O)cc1)NC(=O)[C@H](Cc1cnc[nH]1)NC(=O)[C@@H](N)Cc1cccnc1)C(N)=O. The molecule has 1 aromatic carbocycles. The number of nitrogens with zero attached hydrogens (tertiary/aromatic N) is 3. The maximum Gasteiger partial charge on any atom is 0.243 e. The van der Waals surface area contributed by atoms with Gasteiger partial charge in [-0.1, -0.05) is 18.2 Å². The third kappa shape index (κ3) is 12.9. The molecule has 5 amide bonds. The molecule has 0 saturated heterocycles. The fourth-order valence-electron chi connectivity index (χ4n) is 4.75. The molecule has 5 atom stereocenters. The van der Waals surface area contributed by atoms with Crippen LogP contribution in [0.4, 0.5) is 0 Å². The number of rotatable bonds is 19. The highest BCUT2D eigenvalue weighted by molar-refractivity contribution is 5.96. The number of benzene rings is 1. The Kier molecular flexibility index (Phi) is 14.7. The molecule has 0 radical (unpaired) electrons. The number of imidazole rings is 1. The van der Waals surface area contributed by atoms with Crippen molar-refractivity contribution in [1.29, 1.82) is 0 Å². The van der Waals surface area contributed by atoms with Gasteiger partial charge in [-0.25, -0.2) is 4.98 Å². The van der Waals surface area contributed by atoms with E-state index in [2.05, 4.69) is 41.2 Å². The van der Waals surface area contributed by atoms with Crippen LogP contribution in [0.1, 0.15) is 36.6 Å². The summed E-state index contributed by atoms with van der Waals surface area (Å²) in [5.41, 5.74) is 24.1. The number of guanidine groups is 1. The number of hydrogen-bond donors (Lipinski definition) is 10. The number of phenols is 1. The first-order chi connectivity index (χ1) is 23.8. The van der Waals surface area contributed by atoms with Crippen LogP contribution in [0, 0.1) is 0 Å². The van der Waals surface area contributed by atoms with Crippen molar-refractivity contribution in [3.05, 3.63) is 78.1 Å². The summed E-state index contributed by atoms with van der Waals surface area (Å²) >= 11 is 0. The molecule has 18 heteroatoms. The second-order valence-corrected chi connectivity index (χ2v) is 11.6. The fraction of sp³-hybridized carbons (Fsp3) is 0.375. The lowest BCUT2D eigenvalue weighted by molar-refractivity contribution is -0.134. The van der Waals surface area contributed by atoms with Gasteiger partial charge in [-0.15, -0.1) is 0 Å². The van der Waals surface area contributed by atoms with Crippen molar-refractivity contribution in [2.45, 2.75) is 69.2 Å². The average molecular weight is 693 g/mol. The number of nitrogens with two attached hydrogens (primary N) is 4. The van der Waals surface area contributed by atoms with E-state index in [0.29, 0.717) is 11.3 Å². The highest BCUT2D eigenvalue weighted by Gasteiger charge is 2.31. The third-order valence-electron chi connectivity index (χ3n) is 7.50. The van der Waals surface area contributed by atoms with Gasteiger partial charge >= 0.3 is 0 Å². The van der Waals surface area contributed by atoms with Crippen molar-refractivity contribution in [2.75, 3.05) is 6.54 Å². The van der Waals surface area contributed by atoms with E-state index in [4.69, 9.17) is 22.9 Å². The molecule has 0 aliphatic rings. The summed E-state index contributed by atoms with van der Waals surface area (Å²) in [5.74, 6) is -3.73. The fourth-order valence-corrected chi connectivity index (χ4v) is 4.75. The average Bonchev–Trinajstić information content (AvgIpc) is 3.59. The first kappa shape index (κ1) is 38.4. The number of hydrogen-bond acceptors (Lipinski definition) is 10. The minimum atomic E-state index is -1.28. The molecule has 14 N–H and O–H groups in total. The summed E-state index contributed by atoms with van der Waals surface area (Å²) in [7, 11) is 0. The summed E-state index contributed by atoms with van der Waals surface area (Å²) in [6.07, 6.45) is 6.48. The van der Waals surface area contributed by atoms with Crippen LogP contribution >= 0.6 is 0 Å². The van der Waals surface area contributed by atoms with E-state index in [1.54, 1.807) is 36.7 Å². The molecule has 0 aliphatic carbocycles. The number of aromatic hydroxyl groups is 1. The Hall–Kier alpha value is -6.04. The number of amides is 5. The zero-order valence-electron chi connectivity index (χ0n) is 27.5. The van der Waals surface area contributed by atoms with Crippen LogP contribution in [0.2, 0.25) is 0 Å². The Morgan fingerprint density at radius 3 is 2.04 bits per heavy atom. The number of carbonyl (C=O) groups is 5. The molecule has 3 aromatic rings. The number of phenolic OH excluding ortho intramolecular Hbond substituents is 1. The summed E-state index contributed by atoms with van der Waals surface area (Å²) in [6.45, 7) is 1.54. The predicted molar refractivity (Wildman–Crippen MR) is 183 cm³/mol. The molecular weight excluding hydrogens is 648 g/mol. The van der Waals surface area contributed by atoms with E-state index in [1.165, 1.54) is 31.6 Å². The lowest BCUT2D eigenvalue weighted by Crippen LogP contribution is -2.59. The first-order valence-electron chi connectivity index (χ1n) is 15.8. The van der Waals surface area contributed by atoms with Gasteiger partial charge in [0.1, 0.15) is 29.9 Å². The maximum absolute atomic E-state index is 13.9. The van der Waals surface area contributed by atoms with Crippen LogP contribution in [0.5, 0.6) is 5.75 Å². The van der Waals surface area contributed by atoms with Crippen LogP contribution in [0.25, 0.3) is 0 Å². The lowest BCUT2D eigenvalue weighted by Gasteiger charge is -2.26. The molecular formula is C32H44N12O6. The number of carbonyl (C=O) groups excluding carboxylic acids is 5. The van der Waals surface area contributed by atoms with Gasteiger partial charge in [0, 0.05) is 43.7 Å². The predicted octanol–water partition coefficient (Wildman–Crippen LogP) is -2.64. The van der Waals surface area contributed by atoms with Gasteiger partial charge in [0.05, 0.1) is 12.4 Å². The third-order valence-corrected chi connectivity index (χ3v) is 7.50. The van der Waals surface area contributed by atoms with Crippen LogP contribution in [-0.2, 0) is 43.2 Å². The summed E-state index contributed by atoms with van der Waals surface area (Å²) in [6, 6.07) is 3.74. The van der Waals surface area contributed by atoms with Gasteiger partial charge < -0.3 is 54.3 Å². The van der Waals surface area contributed by atoms with Crippen molar-refractivity contribution in [1.82, 2.24) is 36.2 Å². The number of pyridine rings is 1. The molecule has 2 heterocycles. The second-order valence-electron chi connectivity index (χ2n) is 11.6. The molecule has 0 spiro atoms. The van der Waals surface area contributed by atoms with Crippen molar-refractivity contribution in [3.63, 3.8) is 0 Å². The quantitative estimate of drug-likeness (QED) is 0.0352. The highest BCUT2D eigenvalue weighted by atomic mass is 16.3. The minimum absolute atomic E-state index is 0.00942. The van der Waals surface area contributed by atoms with Gasteiger partial charge in [-0.3, -0.25) is 33.9 Å². The number of aliphatic imine (C=N–C) groups is 1. The molecule has 0 saturated carbocycles. The van der Waals surface area contributed by atoms with E-state index in [0.717, 1.165) is 5.56 Å². The zero-order valence-corrected chi connectivity index (χ0v) is 27.5. The van der Waals surface area contributed by atoms with Crippen molar-refractivity contribution in [3.8, 4) is 5.75 Å². The Bertz CT molecular complexity index is 1600. The lowest BCUT2D eigenvalue weighted by atomic mass is 10.0. The van der Waals surface area contributed by atoms with E-state index in [9.17, 15) is 29.1 Å². The van der Waals surface area contributed by atoms with Gasteiger partial charge in [-0.2, -0.15) is 0 Å². The Morgan fingerprint density at radius 1 is 0.800 bits per heavy atom. The number of aromatic amines is 1. The van der Waals surface area contributed by atoms with Crippen LogP contribution in [0.15, 0.2) is 66.3 Å². The summed E-state index contributed by atoms with van der Waals surface area (Å²) in [5, 5.41) is 20.3. The van der Waals surface area contributed by atoms with Crippen molar-refractivity contribution >= 4 is 35.5 Å². The Morgan fingerprint density at radius 2 is 1.44 bits per heavy atom. The summed E-state index contributed by atoms with van der Waals surface area (Å²) < 4.78 is 0. The Balaban J connectivity index is 1.85. The molecule has 0 fully saturated rings. The standard InChI is InChI=1S/C32H44N12O6/c1-18(27(34)46)41-29(48)24(5-3-11-39-32(35)36)42-30(49)25(13-19-6-8-22(45)9-7-19)44-31(50)26(14-21-16-38-17-40-21)43-28(47)23(33)12-20-4-2-10-37-15-20/h2,4,6-10,15-18,23-26,45H,3,5,11-14,33H2,1H3,(H2,34,46)(H,38,40)(H,41,48)(H,42,49)(H,43,47)(H,44,50)(H4,35,36,39)/t18-,23-,24-,25-,26-/m0/s1. The molecule has 0 aliphatic heterocycles. The first-order valence-corrected chi connectivity index (χ1v) is 15.8. The van der Waals surface area contributed by atoms with Gasteiger partial charge in [0.15, 0.2) is 5.96 Å². The van der Waals surface area contributed by atoms with E-state index < -0.39 is 59.7 Å². The molecule has 50 heavy (non-hydrogen) atoms. The topological polar surface area (TPSA) is 312 Å². The number of primary amides is 1. The number of H-pyrrole nitrogens is 1.